The Morgan fingerprint density at radius 2 is 1.84 bits per heavy atom. The maximum Gasteiger partial charge on any atom is 0.417 e. The van der Waals surface area contributed by atoms with Gasteiger partial charge in [-0.3, -0.25) is 9.48 Å². The standard InChI is InChI=1S/C26H25ClF5N3O2/c1-2-35-15-18(14-33-35)16-4-3-5-17(12-16)22(24(37)8-10-25(28,29)11-9-24)34-23(36)20-13-19(27)6-7-21(20)26(30,31)32/h3-7,12-15,22,37H,2,8-11H2,1H3,(H,34,36). The molecule has 1 aliphatic rings. The van der Waals surface area contributed by atoms with Crippen LogP contribution >= 0.6 is 11.6 Å². The zero-order valence-corrected chi connectivity index (χ0v) is 20.6. The highest BCUT2D eigenvalue weighted by atomic mass is 35.5. The number of hydrogen-bond donors (Lipinski definition) is 2. The van der Waals surface area contributed by atoms with Gasteiger partial charge in [-0.25, -0.2) is 8.78 Å². The number of amides is 1. The molecule has 1 fully saturated rings. The number of aromatic nitrogens is 2. The molecule has 1 atom stereocenters. The summed E-state index contributed by atoms with van der Waals surface area (Å²) in [7, 11) is 0. The Morgan fingerprint density at radius 1 is 1.14 bits per heavy atom. The van der Waals surface area contributed by atoms with Crippen LogP contribution in [0.15, 0.2) is 54.9 Å². The molecule has 1 aliphatic carbocycles. The van der Waals surface area contributed by atoms with E-state index in [0.717, 1.165) is 17.7 Å². The number of aryl methyl sites for hydroxylation is 1. The van der Waals surface area contributed by atoms with Crippen LogP contribution in [0.25, 0.3) is 11.1 Å². The van der Waals surface area contributed by atoms with Crippen LogP contribution in [0.1, 0.15) is 60.1 Å². The molecule has 0 saturated heterocycles. The lowest BCUT2D eigenvalue weighted by atomic mass is 9.75. The van der Waals surface area contributed by atoms with Gasteiger partial charge in [0.15, 0.2) is 0 Å². The fourth-order valence-electron chi connectivity index (χ4n) is 4.61. The minimum absolute atomic E-state index is 0.0827. The molecule has 1 heterocycles. The highest BCUT2D eigenvalue weighted by Gasteiger charge is 2.48. The SMILES string of the molecule is CCn1cc(-c2cccc(C(NC(=O)c3cc(Cl)ccc3C(F)(F)F)C3(O)CCC(F)(F)CC3)c2)cn1. The lowest BCUT2D eigenvalue weighted by molar-refractivity contribution is -0.138. The molecule has 198 valence electrons. The van der Waals surface area contributed by atoms with E-state index in [-0.39, 0.29) is 17.9 Å². The Kier molecular flexibility index (Phi) is 7.36. The molecule has 3 aromatic rings. The van der Waals surface area contributed by atoms with Gasteiger partial charge in [0.05, 0.1) is 29.0 Å². The summed E-state index contributed by atoms with van der Waals surface area (Å²) in [6.07, 6.45) is -3.36. The molecule has 4 rings (SSSR count). The number of benzene rings is 2. The van der Waals surface area contributed by atoms with Crippen LogP contribution in [0, 0.1) is 0 Å². The van der Waals surface area contributed by atoms with E-state index in [2.05, 4.69) is 10.4 Å². The number of aliphatic hydroxyl groups is 1. The highest BCUT2D eigenvalue weighted by molar-refractivity contribution is 6.31. The molecule has 11 heteroatoms. The van der Waals surface area contributed by atoms with Gasteiger partial charge in [-0.2, -0.15) is 18.3 Å². The molecule has 0 bridgehead atoms. The van der Waals surface area contributed by atoms with Gasteiger partial charge in [-0.1, -0.05) is 29.8 Å². The molecular weight excluding hydrogens is 517 g/mol. The smallest absolute Gasteiger partial charge is 0.387 e. The average Bonchev–Trinajstić information content (AvgIpc) is 3.33. The second-order valence-corrected chi connectivity index (χ2v) is 9.70. The first-order valence-electron chi connectivity index (χ1n) is 11.7. The number of halogens is 6. The second kappa shape index (κ2) is 10.1. The van der Waals surface area contributed by atoms with E-state index in [9.17, 15) is 31.9 Å². The summed E-state index contributed by atoms with van der Waals surface area (Å²) in [4.78, 5) is 13.2. The molecule has 1 unspecified atom stereocenters. The van der Waals surface area contributed by atoms with Gasteiger partial charge in [0.1, 0.15) is 0 Å². The lowest BCUT2D eigenvalue weighted by Crippen LogP contribution is -2.50. The van der Waals surface area contributed by atoms with Crippen LogP contribution in [0.2, 0.25) is 5.02 Å². The van der Waals surface area contributed by atoms with Gasteiger partial charge in [-0.15, -0.1) is 0 Å². The van der Waals surface area contributed by atoms with Crippen LogP contribution in [-0.4, -0.2) is 32.3 Å². The van der Waals surface area contributed by atoms with E-state index in [4.69, 9.17) is 11.6 Å². The van der Waals surface area contributed by atoms with Crippen molar-refractivity contribution in [1.29, 1.82) is 0 Å². The summed E-state index contributed by atoms with van der Waals surface area (Å²) >= 11 is 5.89. The van der Waals surface area contributed by atoms with Crippen molar-refractivity contribution in [1.82, 2.24) is 15.1 Å². The quantitative estimate of drug-likeness (QED) is 0.343. The number of carbonyl (C=O) groups is 1. The van der Waals surface area contributed by atoms with Crippen molar-refractivity contribution < 1.29 is 31.9 Å². The van der Waals surface area contributed by atoms with Crippen LogP contribution in [0.4, 0.5) is 22.0 Å². The molecule has 1 aromatic heterocycles. The van der Waals surface area contributed by atoms with E-state index >= 15 is 0 Å². The van der Waals surface area contributed by atoms with Crippen molar-refractivity contribution >= 4 is 17.5 Å². The van der Waals surface area contributed by atoms with Crippen molar-refractivity contribution in [3.05, 3.63) is 76.6 Å². The monoisotopic (exact) mass is 541 g/mol. The molecule has 0 aliphatic heterocycles. The number of nitrogens with zero attached hydrogens (tertiary/aromatic N) is 2. The van der Waals surface area contributed by atoms with Crippen molar-refractivity contribution in [3.63, 3.8) is 0 Å². The predicted octanol–water partition coefficient (Wildman–Crippen LogP) is 6.65. The molecule has 2 N–H and O–H groups in total. The molecule has 37 heavy (non-hydrogen) atoms. The van der Waals surface area contributed by atoms with Crippen molar-refractivity contribution in [2.75, 3.05) is 0 Å². The summed E-state index contributed by atoms with van der Waals surface area (Å²) in [6.45, 7) is 2.55. The fourth-order valence-corrected chi connectivity index (χ4v) is 4.78. The normalized spacial score (nSPS) is 17.8. The zero-order chi connectivity index (χ0) is 27.0. The predicted molar refractivity (Wildman–Crippen MR) is 128 cm³/mol. The third kappa shape index (κ3) is 5.96. The van der Waals surface area contributed by atoms with Gasteiger partial charge < -0.3 is 10.4 Å². The Labute approximate surface area is 215 Å². The van der Waals surface area contributed by atoms with Gasteiger partial charge in [-0.05, 0) is 55.2 Å². The summed E-state index contributed by atoms with van der Waals surface area (Å²) < 4.78 is 70.5. The van der Waals surface area contributed by atoms with Crippen molar-refractivity contribution in [2.45, 2.75) is 62.9 Å². The van der Waals surface area contributed by atoms with E-state index in [0.29, 0.717) is 23.7 Å². The van der Waals surface area contributed by atoms with E-state index < -0.39 is 53.6 Å². The Morgan fingerprint density at radius 3 is 2.46 bits per heavy atom. The highest BCUT2D eigenvalue weighted by Crippen LogP contribution is 2.45. The minimum atomic E-state index is -4.84. The van der Waals surface area contributed by atoms with E-state index in [1.807, 2.05) is 6.92 Å². The number of rotatable bonds is 6. The number of carbonyl (C=O) groups excluding carboxylic acids is 1. The van der Waals surface area contributed by atoms with Crippen molar-refractivity contribution in [2.24, 2.45) is 0 Å². The van der Waals surface area contributed by atoms with Crippen LogP contribution < -0.4 is 5.32 Å². The molecule has 0 spiro atoms. The third-order valence-electron chi connectivity index (χ3n) is 6.70. The molecule has 0 radical (unpaired) electrons. The van der Waals surface area contributed by atoms with E-state index in [1.54, 1.807) is 41.3 Å². The topological polar surface area (TPSA) is 67.2 Å². The van der Waals surface area contributed by atoms with Gasteiger partial charge in [0.2, 0.25) is 5.92 Å². The zero-order valence-electron chi connectivity index (χ0n) is 19.8. The van der Waals surface area contributed by atoms with Gasteiger partial charge in [0.25, 0.3) is 5.91 Å². The molecule has 2 aromatic carbocycles. The first kappa shape index (κ1) is 27.1. The number of hydrogen-bond acceptors (Lipinski definition) is 3. The first-order valence-corrected chi connectivity index (χ1v) is 12.1. The summed E-state index contributed by atoms with van der Waals surface area (Å²) in [5, 5.41) is 18.1. The third-order valence-corrected chi connectivity index (χ3v) is 6.94. The minimum Gasteiger partial charge on any atom is -0.387 e. The van der Waals surface area contributed by atoms with Crippen LogP contribution in [-0.2, 0) is 12.7 Å². The molecule has 1 saturated carbocycles. The summed E-state index contributed by atoms with van der Waals surface area (Å²) in [5.74, 6) is -4.11. The second-order valence-electron chi connectivity index (χ2n) is 9.26. The Hall–Kier alpha value is -2.98. The maximum atomic E-state index is 13.9. The Balaban J connectivity index is 1.75. The van der Waals surface area contributed by atoms with Gasteiger partial charge >= 0.3 is 6.18 Å². The number of alkyl halides is 5. The van der Waals surface area contributed by atoms with Crippen LogP contribution in [0.5, 0.6) is 0 Å². The van der Waals surface area contributed by atoms with Crippen LogP contribution in [0.3, 0.4) is 0 Å². The van der Waals surface area contributed by atoms with Crippen molar-refractivity contribution in [3.8, 4) is 11.1 Å². The fraction of sp³-hybridized carbons (Fsp3) is 0.385. The average molecular weight is 542 g/mol. The number of nitrogens with one attached hydrogen (secondary N) is 1. The maximum absolute atomic E-state index is 13.9. The first-order chi connectivity index (χ1) is 17.3. The van der Waals surface area contributed by atoms with Gasteiger partial charge in [0, 0.05) is 36.2 Å². The summed E-state index contributed by atoms with van der Waals surface area (Å²) in [6, 6.07) is 8.04. The lowest BCUT2D eigenvalue weighted by Gasteiger charge is -2.42. The molecule has 1 amide bonds. The summed E-state index contributed by atoms with van der Waals surface area (Å²) in [5.41, 5.74) is -1.96. The molecular formula is C26H25ClF5N3O2. The Bertz CT molecular complexity index is 1280. The molecule has 5 nitrogen and oxygen atoms in total. The van der Waals surface area contributed by atoms with E-state index in [1.165, 1.54) is 0 Å². The largest absolute Gasteiger partial charge is 0.417 e.